The Labute approximate surface area is 175 Å². The molecule has 0 aliphatic rings. The topological polar surface area (TPSA) is 78.4 Å². The molecule has 150 valence electrons. The van der Waals surface area contributed by atoms with Crippen LogP contribution >= 0.6 is 11.3 Å². The number of carbonyl (C=O) groups is 1. The first kappa shape index (κ1) is 20.5. The normalized spacial score (nSPS) is 11.2. The van der Waals surface area contributed by atoms with Crippen molar-refractivity contribution in [2.45, 2.75) is 13.0 Å². The van der Waals surface area contributed by atoms with E-state index in [-0.39, 0.29) is 5.91 Å². The summed E-state index contributed by atoms with van der Waals surface area (Å²) in [5.74, 6) is 0.652. The highest BCUT2D eigenvalue weighted by molar-refractivity contribution is 7.09. The summed E-state index contributed by atoms with van der Waals surface area (Å²) in [7, 11) is 3.39. The van der Waals surface area contributed by atoms with E-state index in [9.17, 15) is 4.79 Å². The standard InChI is InChI=1S/C22H25N5OS/c1-23-21(28)18-10-6-7-16(13-18)11-12-25-22(24-2)26-14-20-27-19(15-29-20)17-8-4-3-5-9-17/h3-10,13,15H,11-12,14H2,1-2H3,(H,23,28)(H2,24,25,26). The zero-order chi connectivity index (χ0) is 20.5. The van der Waals surface area contributed by atoms with E-state index in [1.54, 1.807) is 25.4 Å². The molecule has 0 radical (unpaired) electrons. The average molecular weight is 408 g/mol. The van der Waals surface area contributed by atoms with E-state index < -0.39 is 0 Å². The number of aliphatic imine (C=N–C) groups is 1. The maximum Gasteiger partial charge on any atom is 0.251 e. The van der Waals surface area contributed by atoms with Gasteiger partial charge >= 0.3 is 0 Å². The van der Waals surface area contributed by atoms with Gasteiger partial charge < -0.3 is 16.0 Å². The van der Waals surface area contributed by atoms with E-state index in [1.165, 1.54) is 0 Å². The fourth-order valence-electron chi connectivity index (χ4n) is 2.85. The van der Waals surface area contributed by atoms with Gasteiger partial charge in [-0.05, 0) is 24.1 Å². The van der Waals surface area contributed by atoms with Crippen molar-refractivity contribution in [1.82, 2.24) is 20.9 Å². The minimum Gasteiger partial charge on any atom is -0.356 e. The van der Waals surface area contributed by atoms with Gasteiger partial charge in [-0.3, -0.25) is 9.79 Å². The molecule has 0 aliphatic carbocycles. The summed E-state index contributed by atoms with van der Waals surface area (Å²) in [6.45, 7) is 1.33. The maximum atomic E-state index is 11.7. The van der Waals surface area contributed by atoms with Crippen LogP contribution in [0.3, 0.4) is 0 Å². The third-order valence-corrected chi connectivity index (χ3v) is 5.22. The summed E-state index contributed by atoms with van der Waals surface area (Å²) < 4.78 is 0. The molecule has 29 heavy (non-hydrogen) atoms. The Hall–Kier alpha value is -3.19. The predicted molar refractivity (Wildman–Crippen MR) is 119 cm³/mol. The largest absolute Gasteiger partial charge is 0.356 e. The van der Waals surface area contributed by atoms with Crippen LogP contribution in [-0.2, 0) is 13.0 Å². The summed E-state index contributed by atoms with van der Waals surface area (Å²) in [5.41, 5.74) is 3.88. The van der Waals surface area contributed by atoms with Gasteiger partial charge in [-0.15, -0.1) is 11.3 Å². The molecule has 0 aliphatic heterocycles. The molecule has 0 saturated heterocycles. The van der Waals surface area contributed by atoms with Crippen molar-refractivity contribution in [2.24, 2.45) is 4.99 Å². The number of nitrogens with one attached hydrogen (secondary N) is 3. The number of aromatic nitrogens is 1. The van der Waals surface area contributed by atoms with Gasteiger partial charge in [0.2, 0.25) is 0 Å². The Morgan fingerprint density at radius 2 is 1.93 bits per heavy atom. The molecule has 3 aromatic rings. The minimum absolute atomic E-state index is 0.0735. The lowest BCUT2D eigenvalue weighted by molar-refractivity contribution is 0.0963. The second-order valence-corrected chi connectivity index (χ2v) is 7.32. The third kappa shape index (κ3) is 5.89. The average Bonchev–Trinajstić information content (AvgIpc) is 3.25. The Balaban J connectivity index is 1.48. The van der Waals surface area contributed by atoms with Gasteiger partial charge in [0, 0.05) is 37.1 Å². The number of hydrogen-bond acceptors (Lipinski definition) is 4. The Morgan fingerprint density at radius 1 is 1.10 bits per heavy atom. The number of carbonyl (C=O) groups excluding carboxylic acids is 1. The molecule has 1 aromatic heterocycles. The fraction of sp³-hybridized carbons (Fsp3) is 0.227. The Bertz CT molecular complexity index is 968. The van der Waals surface area contributed by atoms with Gasteiger partial charge in [-0.2, -0.15) is 0 Å². The lowest BCUT2D eigenvalue weighted by Gasteiger charge is -2.11. The van der Waals surface area contributed by atoms with Gasteiger partial charge in [-0.1, -0.05) is 42.5 Å². The van der Waals surface area contributed by atoms with Crippen molar-refractivity contribution in [1.29, 1.82) is 0 Å². The quantitative estimate of drug-likeness (QED) is 0.415. The molecular weight excluding hydrogens is 382 g/mol. The maximum absolute atomic E-state index is 11.7. The molecule has 0 bridgehead atoms. The highest BCUT2D eigenvalue weighted by Gasteiger charge is 2.06. The summed E-state index contributed by atoms with van der Waals surface area (Å²) in [6.07, 6.45) is 0.793. The zero-order valence-electron chi connectivity index (χ0n) is 16.6. The Kier molecular flexibility index (Phi) is 7.35. The van der Waals surface area contributed by atoms with Crippen LogP contribution in [0.25, 0.3) is 11.3 Å². The first-order chi connectivity index (χ1) is 14.2. The van der Waals surface area contributed by atoms with Gasteiger partial charge in [0.25, 0.3) is 5.91 Å². The Morgan fingerprint density at radius 3 is 2.69 bits per heavy atom. The molecule has 2 aromatic carbocycles. The van der Waals surface area contributed by atoms with Crippen LogP contribution in [-0.4, -0.2) is 37.5 Å². The number of amides is 1. The number of guanidine groups is 1. The number of benzene rings is 2. The summed E-state index contributed by atoms with van der Waals surface area (Å²) in [4.78, 5) is 20.7. The van der Waals surface area contributed by atoms with Crippen molar-refractivity contribution in [3.05, 3.63) is 76.1 Å². The van der Waals surface area contributed by atoms with Crippen LogP contribution < -0.4 is 16.0 Å². The molecule has 0 spiro atoms. The van der Waals surface area contributed by atoms with Crippen molar-refractivity contribution >= 4 is 23.2 Å². The van der Waals surface area contributed by atoms with Crippen LogP contribution in [0, 0.1) is 0 Å². The van der Waals surface area contributed by atoms with Crippen LogP contribution in [0.15, 0.2) is 65.0 Å². The molecule has 0 unspecified atom stereocenters. The van der Waals surface area contributed by atoms with Crippen molar-refractivity contribution in [2.75, 3.05) is 20.6 Å². The predicted octanol–water partition coefficient (Wildman–Crippen LogP) is 3.08. The van der Waals surface area contributed by atoms with Gasteiger partial charge in [0.1, 0.15) is 5.01 Å². The molecule has 0 saturated carbocycles. The smallest absolute Gasteiger partial charge is 0.251 e. The third-order valence-electron chi connectivity index (χ3n) is 4.37. The molecule has 1 amide bonds. The van der Waals surface area contributed by atoms with Crippen molar-refractivity contribution in [3.63, 3.8) is 0 Å². The number of rotatable bonds is 7. The van der Waals surface area contributed by atoms with E-state index in [2.05, 4.69) is 43.4 Å². The van der Waals surface area contributed by atoms with E-state index in [0.717, 1.165) is 34.2 Å². The molecule has 3 N–H and O–H groups in total. The van der Waals surface area contributed by atoms with E-state index >= 15 is 0 Å². The summed E-state index contributed by atoms with van der Waals surface area (Å²) in [6, 6.07) is 17.8. The van der Waals surface area contributed by atoms with Crippen LogP contribution in [0.5, 0.6) is 0 Å². The van der Waals surface area contributed by atoms with Crippen LogP contribution in [0.2, 0.25) is 0 Å². The molecule has 6 nitrogen and oxygen atoms in total. The van der Waals surface area contributed by atoms with Crippen molar-refractivity contribution in [3.8, 4) is 11.3 Å². The second-order valence-electron chi connectivity index (χ2n) is 6.37. The lowest BCUT2D eigenvalue weighted by atomic mass is 10.1. The molecular formula is C22H25N5OS. The second kappa shape index (κ2) is 10.4. The van der Waals surface area contributed by atoms with Crippen LogP contribution in [0.4, 0.5) is 0 Å². The van der Waals surface area contributed by atoms with Gasteiger partial charge in [-0.25, -0.2) is 4.98 Å². The number of nitrogens with zero attached hydrogens (tertiary/aromatic N) is 2. The van der Waals surface area contributed by atoms with E-state index in [4.69, 9.17) is 0 Å². The highest BCUT2D eigenvalue weighted by Crippen LogP contribution is 2.21. The lowest BCUT2D eigenvalue weighted by Crippen LogP contribution is -2.37. The molecule has 0 atom stereocenters. The number of hydrogen-bond donors (Lipinski definition) is 3. The van der Waals surface area contributed by atoms with Crippen molar-refractivity contribution < 1.29 is 4.79 Å². The molecule has 0 fully saturated rings. The monoisotopic (exact) mass is 407 g/mol. The summed E-state index contributed by atoms with van der Waals surface area (Å²) in [5, 5.41) is 12.3. The fourth-order valence-corrected chi connectivity index (χ4v) is 3.59. The molecule has 3 rings (SSSR count). The van der Waals surface area contributed by atoms with E-state index in [0.29, 0.717) is 18.7 Å². The van der Waals surface area contributed by atoms with Crippen LogP contribution in [0.1, 0.15) is 20.9 Å². The first-order valence-corrected chi connectivity index (χ1v) is 10.3. The zero-order valence-corrected chi connectivity index (χ0v) is 17.4. The minimum atomic E-state index is -0.0735. The van der Waals surface area contributed by atoms with E-state index in [1.807, 2.05) is 42.5 Å². The molecule has 1 heterocycles. The molecule has 7 heteroatoms. The summed E-state index contributed by atoms with van der Waals surface area (Å²) >= 11 is 1.63. The van der Waals surface area contributed by atoms with Gasteiger partial charge in [0.15, 0.2) is 5.96 Å². The SMILES string of the molecule is CN=C(NCCc1cccc(C(=O)NC)c1)NCc1nc(-c2ccccc2)cs1. The number of thiazole rings is 1. The highest BCUT2D eigenvalue weighted by atomic mass is 32.1. The first-order valence-electron chi connectivity index (χ1n) is 9.45. The van der Waals surface area contributed by atoms with Gasteiger partial charge in [0.05, 0.1) is 12.2 Å².